The van der Waals surface area contributed by atoms with Gasteiger partial charge in [-0.15, -0.1) is 11.8 Å². The van der Waals surface area contributed by atoms with Gasteiger partial charge in [-0.3, -0.25) is 4.79 Å². The first-order valence-corrected chi connectivity index (χ1v) is 8.37. The topological polar surface area (TPSA) is 32.3 Å². The van der Waals surface area contributed by atoms with Crippen molar-refractivity contribution >= 4 is 29.3 Å². The zero-order valence-electron chi connectivity index (χ0n) is 11.8. The van der Waals surface area contributed by atoms with Crippen molar-refractivity contribution < 1.29 is 4.79 Å². The average Bonchev–Trinajstić information content (AvgIpc) is 2.84. The molecular weight excluding hydrogens is 292 g/mol. The molecule has 0 radical (unpaired) electrons. The van der Waals surface area contributed by atoms with E-state index < -0.39 is 0 Å². The SMILES string of the molecule is CN1CCCC1CNC(=O)CCSc1ccc(Cl)cc1. The van der Waals surface area contributed by atoms with E-state index >= 15 is 0 Å². The van der Waals surface area contributed by atoms with Crippen LogP contribution in [0.25, 0.3) is 0 Å². The van der Waals surface area contributed by atoms with E-state index in [1.807, 2.05) is 24.3 Å². The number of nitrogens with one attached hydrogen (secondary N) is 1. The molecule has 1 amide bonds. The Bertz CT molecular complexity index is 438. The summed E-state index contributed by atoms with van der Waals surface area (Å²) in [5.41, 5.74) is 0. The van der Waals surface area contributed by atoms with Crippen LogP contribution >= 0.6 is 23.4 Å². The van der Waals surface area contributed by atoms with E-state index in [1.54, 1.807) is 11.8 Å². The van der Waals surface area contributed by atoms with E-state index in [2.05, 4.69) is 17.3 Å². The lowest BCUT2D eigenvalue weighted by molar-refractivity contribution is -0.120. The molecule has 0 spiro atoms. The Morgan fingerprint density at radius 3 is 2.85 bits per heavy atom. The third kappa shape index (κ3) is 5.00. The van der Waals surface area contributed by atoms with Crippen molar-refractivity contribution in [2.24, 2.45) is 0 Å². The molecule has 1 fully saturated rings. The van der Waals surface area contributed by atoms with Gasteiger partial charge in [0, 0.05) is 34.7 Å². The van der Waals surface area contributed by atoms with E-state index in [4.69, 9.17) is 11.6 Å². The van der Waals surface area contributed by atoms with Gasteiger partial charge in [-0.2, -0.15) is 0 Å². The molecule has 0 aliphatic carbocycles. The van der Waals surface area contributed by atoms with E-state index in [9.17, 15) is 4.79 Å². The molecule has 1 saturated heterocycles. The number of halogens is 1. The predicted molar refractivity (Wildman–Crippen MR) is 85.5 cm³/mol. The Morgan fingerprint density at radius 1 is 1.45 bits per heavy atom. The number of hydrogen-bond donors (Lipinski definition) is 1. The van der Waals surface area contributed by atoms with Gasteiger partial charge in [-0.25, -0.2) is 0 Å². The number of carbonyl (C=O) groups is 1. The molecule has 1 aliphatic heterocycles. The number of likely N-dealkylation sites (N-methyl/N-ethyl adjacent to an activating group) is 1. The van der Waals surface area contributed by atoms with Gasteiger partial charge in [0.15, 0.2) is 0 Å². The van der Waals surface area contributed by atoms with Crippen LogP contribution in [0.1, 0.15) is 19.3 Å². The molecule has 1 aromatic carbocycles. The zero-order valence-corrected chi connectivity index (χ0v) is 13.3. The summed E-state index contributed by atoms with van der Waals surface area (Å²) >= 11 is 7.52. The molecule has 1 unspecified atom stereocenters. The van der Waals surface area contributed by atoms with Crippen LogP contribution in [-0.4, -0.2) is 42.7 Å². The number of hydrogen-bond acceptors (Lipinski definition) is 3. The molecule has 5 heteroatoms. The van der Waals surface area contributed by atoms with Crippen molar-refractivity contribution in [2.75, 3.05) is 25.9 Å². The lowest BCUT2D eigenvalue weighted by atomic mass is 10.2. The smallest absolute Gasteiger partial charge is 0.220 e. The van der Waals surface area contributed by atoms with Gasteiger partial charge < -0.3 is 10.2 Å². The maximum atomic E-state index is 11.8. The number of likely N-dealkylation sites (tertiary alicyclic amines) is 1. The van der Waals surface area contributed by atoms with E-state index in [1.165, 1.54) is 12.8 Å². The van der Waals surface area contributed by atoms with Gasteiger partial charge >= 0.3 is 0 Å². The second-order valence-corrected chi connectivity index (χ2v) is 6.74. The maximum absolute atomic E-state index is 11.8. The van der Waals surface area contributed by atoms with Crippen molar-refractivity contribution in [3.05, 3.63) is 29.3 Å². The minimum absolute atomic E-state index is 0.145. The summed E-state index contributed by atoms with van der Waals surface area (Å²) in [5.74, 6) is 0.945. The molecule has 1 atom stereocenters. The second kappa shape index (κ2) is 7.91. The quantitative estimate of drug-likeness (QED) is 0.820. The third-order valence-electron chi connectivity index (χ3n) is 3.62. The van der Waals surface area contributed by atoms with Crippen LogP contribution in [0.3, 0.4) is 0 Å². The highest BCUT2D eigenvalue weighted by Crippen LogP contribution is 2.20. The highest BCUT2D eigenvalue weighted by Gasteiger charge is 2.20. The Kier molecular flexibility index (Phi) is 6.20. The summed E-state index contributed by atoms with van der Waals surface area (Å²) in [7, 11) is 2.13. The molecule has 0 aromatic heterocycles. The van der Waals surface area contributed by atoms with Crippen molar-refractivity contribution in [1.29, 1.82) is 0 Å². The number of rotatable bonds is 6. The molecule has 110 valence electrons. The van der Waals surface area contributed by atoms with E-state index in [0.29, 0.717) is 12.5 Å². The summed E-state index contributed by atoms with van der Waals surface area (Å²) in [6, 6.07) is 8.24. The summed E-state index contributed by atoms with van der Waals surface area (Å²) in [6.45, 7) is 1.92. The molecule has 0 saturated carbocycles. The monoisotopic (exact) mass is 312 g/mol. The largest absolute Gasteiger partial charge is 0.355 e. The van der Waals surface area contributed by atoms with Gasteiger partial charge in [0.25, 0.3) is 0 Å². The number of carbonyl (C=O) groups excluding carboxylic acids is 1. The molecule has 3 nitrogen and oxygen atoms in total. The second-order valence-electron chi connectivity index (χ2n) is 5.13. The highest BCUT2D eigenvalue weighted by molar-refractivity contribution is 7.99. The molecule has 1 aromatic rings. The van der Waals surface area contributed by atoms with Crippen LogP contribution in [0.2, 0.25) is 5.02 Å². The Labute approximate surface area is 130 Å². The van der Waals surface area contributed by atoms with Gasteiger partial charge in [0.2, 0.25) is 5.91 Å². The molecule has 1 N–H and O–H groups in total. The fourth-order valence-corrected chi connectivity index (χ4v) is 3.33. The van der Waals surface area contributed by atoms with Crippen molar-refractivity contribution in [2.45, 2.75) is 30.2 Å². The summed E-state index contributed by atoms with van der Waals surface area (Å²) in [6.07, 6.45) is 2.99. The third-order valence-corrected chi connectivity index (χ3v) is 4.88. The molecule has 1 aliphatic rings. The molecule has 1 heterocycles. The summed E-state index contributed by atoms with van der Waals surface area (Å²) in [4.78, 5) is 15.3. The summed E-state index contributed by atoms with van der Waals surface area (Å²) < 4.78 is 0. The summed E-state index contributed by atoms with van der Waals surface area (Å²) in [5, 5.41) is 3.78. The standard InChI is InChI=1S/C15H21ClN2OS/c1-18-9-2-3-13(18)11-17-15(19)8-10-20-14-6-4-12(16)5-7-14/h4-7,13H,2-3,8-11H2,1H3,(H,17,19). The lowest BCUT2D eigenvalue weighted by Crippen LogP contribution is -2.38. The van der Waals surface area contributed by atoms with Gasteiger partial charge in [-0.05, 0) is 50.7 Å². The fraction of sp³-hybridized carbons (Fsp3) is 0.533. The normalized spacial score (nSPS) is 19.2. The molecule has 2 rings (SSSR count). The highest BCUT2D eigenvalue weighted by atomic mass is 35.5. The number of amides is 1. The van der Waals surface area contributed by atoms with Crippen LogP contribution in [0.15, 0.2) is 29.2 Å². The number of benzene rings is 1. The van der Waals surface area contributed by atoms with Crippen molar-refractivity contribution in [1.82, 2.24) is 10.2 Å². The average molecular weight is 313 g/mol. The van der Waals surface area contributed by atoms with Crippen LogP contribution in [0, 0.1) is 0 Å². The minimum atomic E-state index is 0.145. The van der Waals surface area contributed by atoms with Crippen molar-refractivity contribution in [3.8, 4) is 0 Å². The lowest BCUT2D eigenvalue weighted by Gasteiger charge is -2.19. The van der Waals surface area contributed by atoms with Crippen LogP contribution < -0.4 is 5.32 Å². The van der Waals surface area contributed by atoms with Gasteiger partial charge in [0.1, 0.15) is 0 Å². The van der Waals surface area contributed by atoms with Crippen LogP contribution in [-0.2, 0) is 4.79 Å². The van der Waals surface area contributed by atoms with Crippen LogP contribution in [0.5, 0.6) is 0 Å². The molecule has 0 bridgehead atoms. The van der Waals surface area contributed by atoms with Gasteiger partial charge in [-0.1, -0.05) is 11.6 Å². The fourth-order valence-electron chi connectivity index (χ4n) is 2.35. The van der Waals surface area contributed by atoms with Gasteiger partial charge in [0.05, 0.1) is 0 Å². The number of thioether (sulfide) groups is 1. The Morgan fingerprint density at radius 2 is 2.20 bits per heavy atom. The van der Waals surface area contributed by atoms with Crippen molar-refractivity contribution in [3.63, 3.8) is 0 Å². The first kappa shape index (κ1) is 15.7. The Hall–Kier alpha value is -0.710. The molecule has 20 heavy (non-hydrogen) atoms. The van der Waals surface area contributed by atoms with E-state index in [0.717, 1.165) is 28.8 Å². The maximum Gasteiger partial charge on any atom is 0.220 e. The Balaban J connectivity index is 1.61. The predicted octanol–water partition coefficient (Wildman–Crippen LogP) is 3.03. The first-order valence-electron chi connectivity index (χ1n) is 7.00. The number of nitrogens with zero attached hydrogens (tertiary/aromatic N) is 1. The first-order chi connectivity index (χ1) is 9.65. The van der Waals surface area contributed by atoms with Crippen LogP contribution in [0.4, 0.5) is 0 Å². The zero-order chi connectivity index (χ0) is 14.4. The van der Waals surface area contributed by atoms with E-state index in [-0.39, 0.29) is 5.91 Å². The minimum Gasteiger partial charge on any atom is -0.355 e. The molecular formula is C15H21ClN2OS.